The van der Waals surface area contributed by atoms with Crippen LogP contribution in [0.2, 0.25) is 0 Å². The predicted molar refractivity (Wildman–Crippen MR) is 95.6 cm³/mol. The second-order valence-electron chi connectivity index (χ2n) is 6.84. The van der Waals surface area contributed by atoms with E-state index in [0.29, 0.717) is 5.82 Å². The van der Waals surface area contributed by atoms with Gasteiger partial charge >= 0.3 is 5.69 Å². The minimum absolute atomic E-state index is 0.102. The third-order valence-electron chi connectivity index (χ3n) is 4.18. The largest absolute Gasteiger partial charge is 0.335 e. The molecular formula is C19H18N4O. The Kier molecular flexibility index (Phi) is 3.06. The number of nitrogens with zero attached hydrogens (tertiary/aromatic N) is 4. The molecule has 2 aromatic carbocycles. The van der Waals surface area contributed by atoms with E-state index < -0.39 is 0 Å². The lowest BCUT2D eigenvalue weighted by molar-refractivity contribution is 0.394. The SMILES string of the molecule is CC(C)(C)n1c(=O)n(-c2cnccn2)c2c3ccccc3ccc21. The molecule has 0 N–H and O–H groups in total. The lowest BCUT2D eigenvalue weighted by atomic mass is 10.1. The van der Waals surface area contributed by atoms with Crippen LogP contribution in [0.5, 0.6) is 0 Å². The predicted octanol–water partition coefficient (Wildman–Crippen LogP) is 3.49. The van der Waals surface area contributed by atoms with Gasteiger partial charge in [-0.2, -0.15) is 0 Å². The molecule has 0 amide bonds. The van der Waals surface area contributed by atoms with Crippen LogP contribution in [-0.2, 0) is 5.54 Å². The van der Waals surface area contributed by atoms with Crippen molar-refractivity contribution in [3.05, 3.63) is 65.5 Å². The van der Waals surface area contributed by atoms with E-state index in [1.807, 2.05) is 49.6 Å². The van der Waals surface area contributed by atoms with E-state index in [9.17, 15) is 4.79 Å². The summed E-state index contributed by atoms with van der Waals surface area (Å²) in [4.78, 5) is 21.7. The second kappa shape index (κ2) is 5.03. The van der Waals surface area contributed by atoms with Crippen LogP contribution in [-0.4, -0.2) is 19.1 Å². The minimum atomic E-state index is -0.342. The van der Waals surface area contributed by atoms with Crippen molar-refractivity contribution in [1.82, 2.24) is 19.1 Å². The highest BCUT2D eigenvalue weighted by Crippen LogP contribution is 2.29. The first-order valence-corrected chi connectivity index (χ1v) is 7.90. The van der Waals surface area contributed by atoms with E-state index in [1.165, 1.54) is 0 Å². The Morgan fingerprint density at radius 3 is 2.50 bits per heavy atom. The van der Waals surface area contributed by atoms with Gasteiger partial charge in [0.25, 0.3) is 0 Å². The molecule has 0 radical (unpaired) electrons. The Balaban J connectivity index is 2.28. The number of aromatic nitrogens is 4. The molecule has 0 atom stereocenters. The van der Waals surface area contributed by atoms with Crippen molar-refractivity contribution < 1.29 is 0 Å². The van der Waals surface area contributed by atoms with Gasteiger partial charge in [-0.25, -0.2) is 14.3 Å². The van der Waals surface area contributed by atoms with Crippen molar-refractivity contribution in [3.8, 4) is 5.82 Å². The van der Waals surface area contributed by atoms with Crippen LogP contribution in [0.25, 0.3) is 27.6 Å². The summed E-state index contributed by atoms with van der Waals surface area (Å²) in [5.74, 6) is 0.534. The van der Waals surface area contributed by atoms with Crippen LogP contribution >= 0.6 is 0 Å². The minimum Gasteiger partial charge on any atom is -0.286 e. The molecule has 5 nitrogen and oxygen atoms in total. The first-order valence-electron chi connectivity index (χ1n) is 7.90. The molecule has 5 heteroatoms. The monoisotopic (exact) mass is 318 g/mol. The van der Waals surface area contributed by atoms with Gasteiger partial charge in [0.2, 0.25) is 0 Å². The lowest BCUT2D eigenvalue weighted by Crippen LogP contribution is -2.34. The molecule has 0 bridgehead atoms. The molecule has 0 aliphatic carbocycles. The summed E-state index contributed by atoms with van der Waals surface area (Å²) in [5.41, 5.74) is 1.32. The third-order valence-corrected chi connectivity index (χ3v) is 4.18. The molecule has 0 aliphatic heterocycles. The van der Waals surface area contributed by atoms with Crippen molar-refractivity contribution in [2.45, 2.75) is 26.3 Å². The molecule has 0 spiro atoms. The summed E-state index contributed by atoms with van der Waals surface area (Å²) >= 11 is 0. The zero-order valence-corrected chi connectivity index (χ0v) is 13.9. The summed E-state index contributed by atoms with van der Waals surface area (Å²) in [7, 11) is 0. The second-order valence-corrected chi connectivity index (χ2v) is 6.84. The molecular weight excluding hydrogens is 300 g/mol. The molecule has 0 unspecified atom stereocenters. The summed E-state index contributed by atoms with van der Waals surface area (Å²) in [6, 6.07) is 12.1. The van der Waals surface area contributed by atoms with Crippen molar-refractivity contribution in [2.24, 2.45) is 0 Å². The molecule has 0 saturated carbocycles. The fourth-order valence-corrected chi connectivity index (χ4v) is 3.23. The Morgan fingerprint density at radius 1 is 1.00 bits per heavy atom. The van der Waals surface area contributed by atoms with E-state index in [0.717, 1.165) is 21.8 Å². The van der Waals surface area contributed by atoms with Gasteiger partial charge in [-0.15, -0.1) is 0 Å². The van der Waals surface area contributed by atoms with E-state index in [-0.39, 0.29) is 11.2 Å². The highest BCUT2D eigenvalue weighted by molar-refractivity contribution is 6.05. The fourth-order valence-electron chi connectivity index (χ4n) is 3.23. The Morgan fingerprint density at radius 2 is 1.79 bits per heavy atom. The van der Waals surface area contributed by atoms with Gasteiger partial charge in [-0.3, -0.25) is 9.55 Å². The molecule has 2 aromatic heterocycles. The number of rotatable bonds is 1. The van der Waals surface area contributed by atoms with Crippen molar-refractivity contribution in [2.75, 3.05) is 0 Å². The zero-order chi connectivity index (χ0) is 16.9. The number of benzene rings is 2. The van der Waals surface area contributed by atoms with E-state index in [1.54, 1.807) is 23.2 Å². The summed E-state index contributed by atoms with van der Waals surface area (Å²) < 4.78 is 3.49. The highest BCUT2D eigenvalue weighted by Gasteiger charge is 2.24. The van der Waals surface area contributed by atoms with Gasteiger partial charge in [0.05, 0.1) is 17.2 Å². The Labute approximate surface area is 139 Å². The summed E-state index contributed by atoms with van der Waals surface area (Å²) in [6.45, 7) is 6.10. The fraction of sp³-hybridized carbons (Fsp3) is 0.211. The van der Waals surface area contributed by atoms with Crippen molar-refractivity contribution in [1.29, 1.82) is 0 Å². The van der Waals surface area contributed by atoms with Crippen LogP contribution in [0, 0.1) is 0 Å². The van der Waals surface area contributed by atoms with Crippen LogP contribution in [0.4, 0.5) is 0 Å². The summed E-state index contributed by atoms with van der Waals surface area (Å²) in [6.07, 6.45) is 4.83. The summed E-state index contributed by atoms with van der Waals surface area (Å²) in [5, 5.41) is 2.12. The average Bonchev–Trinajstić information content (AvgIpc) is 2.88. The first-order chi connectivity index (χ1) is 11.5. The molecule has 4 rings (SSSR count). The van der Waals surface area contributed by atoms with Crippen LogP contribution < -0.4 is 5.69 Å². The van der Waals surface area contributed by atoms with Crippen LogP contribution in [0.15, 0.2) is 59.8 Å². The van der Waals surface area contributed by atoms with Crippen molar-refractivity contribution >= 4 is 21.8 Å². The van der Waals surface area contributed by atoms with Gasteiger partial charge < -0.3 is 0 Å². The third kappa shape index (κ3) is 2.05. The number of fused-ring (bicyclic) bond motifs is 3. The van der Waals surface area contributed by atoms with Crippen LogP contribution in [0.3, 0.4) is 0 Å². The molecule has 0 fully saturated rings. The van der Waals surface area contributed by atoms with E-state index in [4.69, 9.17) is 0 Å². The van der Waals surface area contributed by atoms with Gasteiger partial charge in [0.15, 0.2) is 5.82 Å². The first kappa shape index (κ1) is 14.6. The standard InChI is InChI=1S/C19H18N4O/c1-19(2,3)23-15-9-8-13-6-4-5-7-14(13)17(15)22(18(23)24)16-12-20-10-11-21-16/h4-12H,1-3H3. The smallest absolute Gasteiger partial charge is 0.286 e. The molecule has 24 heavy (non-hydrogen) atoms. The van der Waals surface area contributed by atoms with E-state index >= 15 is 0 Å². The molecule has 4 aromatic rings. The van der Waals surface area contributed by atoms with Gasteiger partial charge in [-0.1, -0.05) is 30.3 Å². The van der Waals surface area contributed by atoms with E-state index in [2.05, 4.69) is 22.1 Å². The molecule has 120 valence electrons. The van der Waals surface area contributed by atoms with Crippen LogP contribution in [0.1, 0.15) is 20.8 Å². The molecule has 0 aliphatic rings. The topological polar surface area (TPSA) is 52.7 Å². The highest BCUT2D eigenvalue weighted by atomic mass is 16.2. The molecule has 0 saturated heterocycles. The maximum atomic E-state index is 13.2. The number of hydrogen-bond donors (Lipinski definition) is 0. The Bertz CT molecular complexity index is 1100. The number of hydrogen-bond acceptors (Lipinski definition) is 3. The maximum Gasteiger partial charge on any atom is 0.335 e. The average molecular weight is 318 g/mol. The van der Waals surface area contributed by atoms with Gasteiger partial charge in [0, 0.05) is 23.3 Å². The normalized spacial score (nSPS) is 12.1. The van der Waals surface area contributed by atoms with Gasteiger partial charge in [0.1, 0.15) is 0 Å². The zero-order valence-electron chi connectivity index (χ0n) is 13.9. The van der Waals surface area contributed by atoms with Crippen molar-refractivity contribution in [3.63, 3.8) is 0 Å². The maximum absolute atomic E-state index is 13.2. The number of imidazole rings is 1. The van der Waals surface area contributed by atoms with Gasteiger partial charge in [-0.05, 0) is 32.2 Å². The lowest BCUT2D eigenvalue weighted by Gasteiger charge is -2.20. The molecule has 2 heterocycles. The quantitative estimate of drug-likeness (QED) is 0.540. The Hall–Kier alpha value is -2.95.